The summed E-state index contributed by atoms with van der Waals surface area (Å²) in [4.78, 5) is 27.0. The Morgan fingerprint density at radius 3 is 2.44 bits per heavy atom. The third-order valence-corrected chi connectivity index (χ3v) is 5.01. The Bertz CT molecular complexity index is 1210. The quantitative estimate of drug-likeness (QED) is 0.359. The predicted octanol–water partition coefficient (Wildman–Crippen LogP) is 4.54. The van der Waals surface area contributed by atoms with Crippen molar-refractivity contribution in [2.45, 2.75) is 32.9 Å². The summed E-state index contributed by atoms with van der Waals surface area (Å²) in [7, 11) is 0. The normalized spacial score (nSPS) is 17.9. The van der Waals surface area contributed by atoms with Crippen LogP contribution in [-0.2, 0) is 9.59 Å². The number of hydrogen-bond acceptors (Lipinski definition) is 6. The van der Waals surface area contributed by atoms with E-state index in [4.69, 9.17) is 9.26 Å². The van der Waals surface area contributed by atoms with Crippen LogP contribution in [0, 0.1) is 12.7 Å². The molecule has 2 heterocycles. The summed E-state index contributed by atoms with van der Waals surface area (Å²) >= 11 is 0. The zero-order valence-electron chi connectivity index (χ0n) is 17.7. The van der Waals surface area contributed by atoms with Crippen molar-refractivity contribution in [2.75, 3.05) is 4.90 Å². The number of ether oxygens (including phenoxy) is 1. The van der Waals surface area contributed by atoms with Crippen molar-refractivity contribution in [3.8, 4) is 5.75 Å². The van der Waals surface area contributed by atoms with Crippen molar-refractivity contribution >= 4 is 23.3 Å². The van der Waals surface area contributed by atoms with Crippen LogP contribution in [0.1, 0.15) is 36.8 Å². The van der Waals surface area contributed by atoms with Gasteiger partial charge in [-0.25, -0.2) is 4.39 Å². The molecule has 1 saturated heterocycles. The first-order valence-corrected chi connectivity index (χ1v) is 10.0. The average molecular weight is 436 g/mol. The van der Waals surface area contributed by atoms with Crippen LogP contribution < -0.4 is 9.64 Å². The second-order valence-electron chi connectivity index (χ2n) is 7.68. The highest BCUT2D eigenvalue weighted by Crippen LogP contribution is 2.42. The molecule has 0 radical (unpaired) electrons. The van der Waals surface area contributed by atoms with Crippen molar-refractivity contribution in [3.05, 3.63) is 82.9 Å². The number of benzene rings is 2. The molecule has 1 aliphatic rings. The molecular formula is C24H21FN2O5. The number of aliphatic hydroxyl groups excluding tert-OH is 1. The predicted molar refractivity (Wildman–Crippen MR) is 115 cm³/mol. The molecule has 4 rings (SSSR count). The van der Waals surface area contributed by atoms with E-state index >= 15 is 0 Å². The third-order valence-electron chi connectivity index (χ3n) is 5.01. The van der Waals surface area contributed by atoms with Crippen molar-refractivity contribution in [1.29, 1.82) is 0 Å². The van der Waals surface area contributed by atoms with Gasteiger partial charge in [-0.3, -0.25) is 14.5 Å². The van der Waals surface area contributed by atoms with Gasteiger partial charge in [-0.05, 0) is 51.1 Å². The minimum Gasteiger partial charge on any atom is -0.507 e. The first-order chi connectivity index (χ1) is 15.3. The minimum atomic E-state index is -1.22. The number of nitrogens with zero attached hydrogens (tertiary/aromatic N) is 2. The molecule has 0 aliphatic carbocycles. The van der Waals surface area contributed by atoms with Gasteiger partial charge in [-0.15, -0.1) is 0 Å². The Morgan fingerprint density at radius 1 is 1.16 bits per heavy atom. The molecule has 0 spiro atoms. The molecule has 2 aromatic carbocycles. The first kappa shape index (κ1) is 21.3. The van der Waals surface area contributed by atoms with E-state index in [1.54, 1.807) is 37.3 Å². The fraction of sp³-hybridized carbons (Fsp3) is 0.208. The van der Waals surface area contributed by atoms with Gasteiger partial charge in [0.15, 0.2) is 5.82 Å². The summed E-state index contributed by atoms with van der Waals surface area (Å²) in [5, 5.41) is 14.9. The van der Waals surface area contributed by atoms with Crippen LogP contribution in [0.2, 0.25) is 0 Å². The molecule has 32 heavy (non-hydrogen) atoms. The number of aromatic nitrogens is 1. The van der Waals surface area contributed by atoms with Gasteiger partial charge < -0.3 is 14.4 Å². The highest BCUT2D eigenvalue weighted by molar-refractivity contribution is 6.51. The van der Waals surface area contributed by atoms with Gasteiger partial charge >= 0.3 is 5.91 Å². The molecule has 8 heteroatoms. The number of rotatable bonds is 5. The third kappa shape index (κ3) is 3.75. The molecule has 1 amide bonds. The number of anilines is 1. The summed E-state index contributed by atoms with van der Waals surface area (Å²) in [5.74, 6) is -1.88. The van der Waals surface area contributed by atoms with Gasteiger partial charge in [0.05, 0.1) is 17.7 Å². The number of Topliss-reactive ketones (excluding diaryl/α,β-unsaturated/α-hetero) is 1. The van der Waals surface area contributed by atoms with Gasteiger partial charge in [0.25, 0.3) is 5.78 Å². The Kier molecular flexibility index (Phi) is 5.52. The largest absolute Gasteiger partial charge is 0.507 e. The molecule has 0 unspecified atom stereocenters. The summed E-state index contributed by atoms with van der Waals surface area (Å²) in [5.41, 5.74) is 0.101. The van der Waals surface area contributed by atoms with Gasteiger partial charge in [-0.1, -0.05) is 23.4 Å². The lowest BCUT2D eigenvalue weighted by Gasteiger charge is -2.23. The molecule has 0 bridgehead atoms. The minimum absolute atomic E-state index is 0.0354. The summed E-state index contributed by atoms with van der Waals surface area (Å²) in [6, 6.07) is 12.4. The number of carbonyl (C=O) groups is 2. The topological polar surface area (TPSA) is 92.9 Å². The van der Waals surface area contributed by atoms with Crippen molar-refractivity contribution < 1.29 is 28.3 Å². The lowest BCUT2D eigenvalue weighted by Crippen LogP contribution is -2.30. The monoisotopic (exact) mass is 436 g/mol. The number of ketones is 1. The van der Waals surface area contributed by atoms with E-state index in [1.807, 2.05) is 13.8 Å². The molecule has 1 N–H and O–H groups in total. The van der Waals surface area contributed by atoms with Crippen LogP contribution in [0.4, 0.5) is 10.2 Å². The second kappa shape index (κ2) is 8.30. The van der Waals surface area contributed by atoms with E-state index in [-0.39, 0.29) is 28.6 Å². The van der Waals surface area contributed by atoms with Crippen molar-refractivity contribution in [3.63, 3.8) is 0 Å². The standard InChI is InChI=1S/C24H21FN2O5/c1-13(2)31-16-10-8-15(9-11-16)22(28)20-21(17-6-4-5-7-18(17)25)27(24(30)23(20)29)19-12-14(3)32-26-19/h4-13,21,28H,1-3H3/b22-20+/t21-/m0/s1. The van der Waals surface area contributed by atoms with Crippen LogP contribution in [0.3, 0.4) is 0 Å². The fourth-order valence-corrected chi connectivity index (χ4v) is 3.65. The number of aryl methyl sites for hydroxylation is 1. The van der Waals surface area contributed by atoms with Gasteiger partial charge in [-0.2, -0.15) is 0 Å². The van der Waals surface area contributed by atoms with Crippen LogP contribution in [0.5, 0.6) is 5.75 Å². The Hall–Kier alpha value is -3.94. The lowest BCUT2D eigenvalue weighted by molar-refractivity contribution is -0.132. The maximum absolute atomic E-state index is 14.8. The van der Waals surface area contributed by atoms with Crippen LogP contribution in [0.25, 0.3) is 5.76 Å². The number of carbonyl (C=O) groups excluding carboxylic acids is 2. The Balaban J connectivity index is 1.87. The Labute approximate surface area is 183 Å². The molecule has 3 aromatic rings. The van der Waals surface area contributed by atoms with Crippen LogP contribution in [-0.4, -0.2) is 28.1 Å². The molecule has 1 aromatic heterocycles. The molecule has 1 atom stereocenters. The van der Waals surface area contributed by atoms with E-state index < -0.39 is 29.3 Å². The zero-order chi connectivity index (χ0) is 23.0. The second-order valence-corrected chi connectivity index (χ2v) is 7.68. The van der Waals surface area contributed by atoms with Gasteiger partial charge in [0.2, 0.25) is 0 Å². The van der Waals surface area contributed by atoms with Crippen LogP contribution >= 0.6 is 0 Å². The summed E-state index contributed by atoms with van der Waals surface area (Å²) in [6.07, 6.45) is -0.0354. The highest BCUT2D eigenvalue weighted by Gasteiger charge is 2.48. The summed E-state index contributed by atoms with van der Waals surface area (Å²) < 4.78 is 25.4. The van der Waals surface area contributed by atoms with Gasteiger partial charge in [0.1, 0.15) is 23.1 Å². The number of halogens is 1. The maximum Gasteiger partial charge on any atom is 0.301 e. The smallest absolute Gasteiger partial charge is 0.301 e. The number of amides is 1. The van der Waals surface area contributed by atoms with E-state index in [0.717, 1.165) is 4.90 Å². The Morgan fingerprint density at radius 2 is 1.84 bits per heavy atom. The number of hydrogen-bond donors (Lipinski definition) is 1. The fourth-order valence-electron chi connectivity index (χ4n) is 3.65. The van der Waals surface area contributed by atoms with E-state index in [2.05, 4.69) is 5.16 Å². The first-order valence-electron chi connectivity index (χ1n) is 10.0. The molecule has 0 saturated carbocycles. The molecule has 1 aliphatic heterocycles. The maximum atomic E-state index is 14.8. The molecule has 164 valence electrons. The van der Waals surface area contributed by atoms with E-state index in [1.165, 1.54) is 24.3 Å². The average Bonchev–Trinajstić information content (AvgIpc) is 3.29. The van der Waals surface area contributed by atoms with Crippen LogP contribution in [0.15, 0.2) is 64.7 Å². The van der Waals surface area contributed by atoms with Crippen molar-refractivity contribution in [2.24, 2.45) is 0 Å². The van der Waals surface area contributed by atoms with Crippen molar-refractivity contribution in [1.82, 2.24) is 5.16 Å². The molecule has 7 nitrogen and oxygen atoms in total. The van der Waals surface area contributed by atoms with E-state index in [9.17, 15) is 19.1 Å². The molecule has 1 fully saturated rings. The lowest BCUT2D eigenvalue weighted by atomic mass is 9.95. The zero-order valence-corrected chi connectivity index (χ0v) is 17.7. The number of aliphatic hydroxyl groups is 1. The molecular weight excluding hydrogens is 415 g/mol. The SMILES string of the molecule is Cc1cc(N2C(=O)C(=O)/C(=C(/O)c3ccc(OC(C)C)cc3)[C@@H]2c2ccccc2F)no1. The summed E-state index contributed by atoms with van der Waals surface area (Å²) in [6.45, 7) is 5.40. The highest BCUT2D eigenvalue weighted by atomic mass is 19.1. The van der Waals surface area contributed by atoms with Gasteiger partial charge in [0, 0.05) is 17.2 Å². The van der Waals surface area contributed by atoms with E-state index in [0.29, 0.717) is 11.5 Å².